The predicted octanol–water partition coefficient (Wildman–Crippen LogP) is 6.05. The van der Waals surface area contributed by atoms with E-state index in [1.54, 1.807) is 0 Å². The van der Waals surface area contributed by atoms with Gasteiger partial charge in [0.15, 0.2) is 0 Å². The van der Waals surface area contributed by atoms with Crippen LogP contribution in [0, 0.1) is 5.92 Å². The van der Waals surface area contributed by atoms with E-state index in [9.17, 15) is 9.50 Å². The zero-order valence-electron chi connectivity index (χ0n) is 20.7. The van der Waals surface area contributed by atoms with Gasteiger partial charge in [-0.15, -0.1) is 0 Å². The van der Waals surface area contributed by atoms with Crippen LogP contribution in [0.4, 0.5) is 4.39 Å². The van der Waals surface area contributed by atoms with E-state index in [0.717, 1.165) is 5.56 Å². The van der Waals surface area contributed by atoms with Gasteiger partial charge >= 0.3 is 0 Å². The van der Waals surface area contributed by atoms with E-state index in [2.05, 4.69) is 69.3 Å². The zero-order valence-corrected chi connectivity index (χ0v) is 21.7. The summed E-state index contributed by atoms with van der Waals surface area (Å²) in [6.07, 6.45) is 1.41. The summed E-state index contributed by atoms with van der Waals surface area (Å²) < 4.78 is 21.7. The molecule has 0 aliphatic carbocycles. The SMILES string of the molecule is CC(/C=C(\F)C(O)CCc1ccccc1)CO[Si](c1ccccc1)(c1ccccc1)C(C)(C)C. The van der Waals surface area contributed by atoms with Crippen molar-refractivity contribution in [3.63, 3.8) is 0 Å². The Kier molecular flexibility index (Phi) is 9.01. The Hall–Kier alpha value is -2.53. The molecule has 2 atom stereocenters. The normalized spacial score (nSPS) is 14.6. The average Bonchev–Trinajstić information content (AvgIpc) is 2.84. The van der Waals surface area contributed by atoms with E-state index < -0.39 is 20.2 Å². The number of benzene rings is 3. The average molecular weight is 477 g/mol. The lowest BCUT2D eigenvalue weighted by Crippen LogP contribution is -2.66. The van der Waals surface area contributed by atoms with E-state index in [-0.39, 0.29) is 11.0 Å². The number of rotatable bonds is 10. The highest BCUT2D eigenvalue weighted by molar-refractivity contribution is 6.99. The molecular formula is C30H37FO2Si. The van der Waals surface area contributed by atoms with Crippen molar-refractivity contribution in [2.24, 2.45) is 5.92 Å². The number of hydrogen-bond acceptors (Lipinski definition) is 2. The van der Waals surface area contributed by atoms with Gasteiger partial charge in [0.25, 0.3) is 8.32 Å². The molecule has 3 rings (SSSR count). The van der Waals surface area contributed by atoms with Gasteiger partial charge in [0, 0.05) is 6.61 Å². The molecule has 2 unspecified atom stereocenters. The summed E-state index contributed by atoms with van der Waals surface area (Å²) in [5.74, 6) is -0.650. The molecule has 0 aliphatic rings. The Balaban J connectivity index is 1.78. The molecule has 0 fully saturated rings. The van der Waals surface area contributed by atoms with Gasteiger partial charge in [-0.3, -0.25) is 0 Å². The standard InChI is InChI=1S/C30H37FO2Si/c1-24(22-28(31)29(32)21-20-25-14-8-5-9-15-25)23-33-34(30(2,3)4,26-16-10-6-11-17-26)27-18-12-7-13-19-27/h5-19,22,24,29,32H,20-21,23H2,1-4H3/b28-22-. The van der Waals surface area contributed by atoms with Crippen molar-refractivity contribution in [3.05, 3.63) is 108 Å². The molecule has 0 spiro atoms. The highest BCUT2D eigenvalue weighted by atomic mass is 28.4. The molecule has 0 heterocycles. The third kappa shape index (κ3) is 6.32. The molecule has 0 aromatic heterocycles. The lowest BCUT2D eigenvalue weighted by Gasteiger charge is -2.43. The van der Waals surface area contributed by atoms with Crippen molar-refractivity contribution in [3.8, 4) is 0 Å². The Morgan fingerprint density at radius 1 is 0.882 bits per heavy atom. The predicted molar refractivity (Wildman–Crippen MR) is 143 cm³/mol. The highest BCUT2D eigenvalue weighted by Crippen LogP contribution is 2.37. The molecule has 4 heteroatoms. The molecule has 0 bridgehead atoms. The third-order valence-corrected chi connectivity index (χ3v) is 11.3. The maximum Gasteiger partial charge on any atom is 0.261 e. The van der Waals surface area contributed by atoms with Crippen molar-refractivity contribution >= 4 is 18.7 Å². The molecular weight excluding hydrogens is 439 g/mol. The first kappa shape index (κ1) is 26.1. The molecule has 0 radical (unpaired) electrons. The van der Waals surface area contributed by atoms with Gasteiger partial charge in [-0.1, -0.05) is 119 Å². The van der Waals surface area contributed by atoms with Gasteiger partial charge in [-0.05, 0) is 45.8 Å². The van der Waals surface area contributed by atoms with E-state index in [1.165, 1.54) is 16.4 Å². The van der Waals surface area contributed by atoms with Gasteiger partial charge in [-0.25, -0.2) is 4.39 Å². The van der Waals surface area contributed by atoms with E-state index in [4.69, 9.17) is 4.43 Å². The summed E-state index contributed by atoms with van der Waals surface area (Å²) in [5, 5.41) is 12.6. The zero-order chi connectivity index (χ0) is 24.6. The second-order valence-electron chi connectivity index (χ2n) is 10.0. The van der Waals surface area contributed by atoms with E-state index in [0.29, 0.717) is 19.4 Å². The van der Waals surface area contributed by atoms with Crippen LogP contribution in [0.5, 0.6) is 0 Å². The van der Waals surface area contributed by atoms with E-state index in [1.807, 2.05) is 49.4 Å². The van der Waals surface area contributed by atoms with Gasteiger partial charge in [0.1, 0.15) is 11.9 Å². The lowest BCUT2D eigenvalue weighted by atomic mass is 10.0. The Bertz CT molecular complexity index is 990. The quantitative estimate of drug-likeness (QED) is 0.361. The number of aliphatic hydroxyl groups is 1. The topological polar surface area (TPSA) is 29.5 Å². The van der Waals surface area contributed by atoms with Crippen LogP contribution >= 0.6 is 0 Å². The van der Waals surface area contributed by atoms with Crippen LogP contribution in [0.3, 0.4) is 0 Å². The fourth-order valence-electron chi connectivity index (χ4n) is 4.53. The molecule has 3 aromatic carbocycles. The van der Waals surface area contributed by atoms with Crippen LogP contribution in [0.25, 0.3) is 0 Å². The first-order valence-electron chi connectivity index (χ1n) is 12.1. The fraction of sp³-hybridized carbons (Fsp3) is 0.333. The molecule has 2 nitrogen and oxygen atoms in total. The van der Waals surface area contributed by atoms with Crippen molar-refractivity contribution in [1.82, 2.24) is 0 Å². The first-order chi connectivity index (χ1) is 16.2. The minimum atomic E-state index is -2.66. The molecule has 0 saturated carbocycles. The smallest absolute Gasteiger partial charge is 0.261 e. The van der Waals surface area contributed by atoms with E-state index >= 15 is 0 Å². The maximum atomic E-state index is 14.8. The molecule has 34 heavy (non-hydrogen) atoms. The molecule has 3 aromatic rings. The van der Waals surface area contributed by atoms with Crippen LogP contribution in [-0.4, -0.2) is 26.1 Å². The second kappa shape index (κ2) is 11.7. The van der Waals surface area contributed by atoms with Crippen molar-refractivity contribution < 1.29 is 13.9 Å². The van der Waals surface area contributed by atoms with Crippen LogP contribution in [0.1, 0.15) is 39.7 Å². The summed E-state index contributed by atoms with van der Waals surface area (Å²) in [6.45, 7) is 9.02. The van der Waals surface area contributed by atoms with Crippen LogP contribution in [0.2, 0.25) is 5.04 Å². The largest absolute Gasteiger partial charge is 0.407 e. The lowest BCUT2D eigenvalue weighted by molar-refractivity contribution is 0.170. The van der Waals surface area contributed by atoms with Crippen molar-refractivity contribution in [1.29, 1.82) is 0 Å². The van der Waals surface area contributed by atoms with Gasteiger partial charge in [0.05, 0.1) is 0 Å². The number of halogens is 1. The summed E-state index contributed by atoms with van der Waals surface area (Å²) in [6, 6.07) is 30.7. The monoisotopic (exact) mass is 476 g/mol. The van der Waals surface area contributed by atoms with Crippen LogP contribution < -0.4 is 10.4 Å². The summed E-state index contributed by atoms with van der Waals surface area (Å²) in [7, 11) is -2.66. The maximum absolute atomic E-state index is 14.8. The molecule has 0 aliphatic heterocycles. The Morgan fingerprint density at radius 2 is 1.35 bits per heavy atom. The van der Waals surface area contributed by atoms with Crippen LogP contribution in [0.15, 0.2) is 103 Å². The Morgan fingerprint density at radius 3 is 1.82 bits per heavy atom. The van der Waals surface area contributed by atoms with Crippen molar-refractivity contribution in [2.45, 2.75) is 51.7 Å². The summed E-state index contributed by atoms with van der Waals surface area (Å²) in [5.41, 5.74) is 1.09. The molecule has 1 N–H and O–H groups in total. The first-order valence-corrected chi connectivity index (χ1v) is 14.0. The van der Waals surface area contributed by atoms with Crippen LogP contribution in [-0.2, 0) is 10.8 Å². The summed E-state index contributed by atoms with van der Waals surface area (Å²) in [4.78, 5) is 0. The Labute approximate surface area is 205 Å². The third-order valence-electron chi connectivity index (χ3n) is 6.29. The summed E-state index contributed by atoms with van der Waals surface area (Å²) >= 11 is 0. The van der Waals surface area contributed by atoms with Gasteiger partial charge < -0.3 is 9.53 Å². The second-order valence-corrected chi connectivity index (χ2v) is 14.3. The minimum Gasteiger partial charge on any atom is -0.407 e. The van der Waals surface area contributed by atoms with Crippen molar-refractivity contribution in [2.75, 3.05) is 6.61 Å². The van der Waals surface area contributed by atoms with Gasteiger partial charge in [-0.2, -0.15) is 0 Å². The minimum absolute atomic E-state index is 0.132. The number of hydrogen-bond donors (Lipinski definition) is 1. The molecule has 0 amide bonds. The van der Waals surface area contributed by atoms with Gasteiger partial charge in [0.2, 0.25) is 0 Å². The molecule has 0 saturated heterocycles. The highest BCUT2D eigenvalue weighted by Gasteiger charge is 2.50. The molecule has 180 valence electrons. The number of aryl methyl sites for hydroxylation is 1. The number of aliphatic hydroxyl groups excluding tert-OH is 1. The fourth-order valence-corrected chi connectivity index (χ4v) is 9.20.